The van der Waals surface area contributed by atoms with Crippen molar-refractivity contribution < 1.29 is 23.3 Å². The van der Waals surface area contributed by atoms with Crippen LogP contribution in [0.3, 0.4) is 0 Å². The highest BCUT2D eigenvalue weighted by Gasteiger charge is 2.03. The number of methoxy groups -OCH3 is 1. The van der Waals surface area contributed by atoms with E-state index < -0.39 is 5.82 Å². The third kappa shape index (κ3) is 6.48. The lowest BCUT2D eigenvalue weighted by Gasteiger charge is -2.08. The Morgan fingerprint density at radius 3 is 2.30 bits per heavy atom. The number of ether oxygens (including phenoxy) is 4. The quantitative estimate of drug-likeness (QED) is 0.612. The Bertz CT molecular complexity index is 434. The van der Waals surface area contributed by atoms with Crippen molar-refractivity contribution in [3.05, 3.63) is 29.6 Å². The van der Waals surface area contributed by atoms with E-state index in [0.29, 0.717) is 45.4 Å². The molecule has 0 unspecified atom stereocenters. The van der Waals surface area contributed by atoms with Crippen molar-refractivity contribution in [3.8, 4) is 11.8 Å². The maximum absolute atomic E-state index is 13.3. The van der Waals surface area contributed by atoms with Crippen LogP contribution in [0.1, 0.15) is 5.56 Å². The van der Waals surface area contributed by atoms with Gasteiger partial charge in [-0.15, -0.1) is 0 Å². The van der Waals surface area contributed by atoms with Crippen LogP contribution in [0.4, 0.5) is 4.39 Å². The highest BCUT2D eigenvalue weighted by Crippen LogP contribution is 2.15. The van der Waals surface area contributed by atoms with Gasteiger partial charge in [-0.25, -0.2) is 4.39 Å². The minimum atomic E-state index is -0.586. The van der Waals surface area contributed by atoms with Gasteiger partial charge >= 0.3 is 0 Å². The molecule has 0 aliphatic heterocycles. The summed E-state index contributed by atoms with van der Waals surface area (Å²) in [5, 5.41) is 8.59. The molecule has 0 atom stereocenters. The number of hydrogen-bond acceptors (Lipinski definition) is 5. The van der Waals surface area contributed by atoms with Crippen molar-refractivity contribution in [2.45, 2.75) is 0 Å². The van der Waals surface area contributed by atoms with E-state index in [9.17, 15) is 4.39 Å². The van der Waals surface area contributed by atoms with Crippen LogP contribution in [-0.2, 0) is 14.2 Å². The van der Waals surface area contributed by atoms with Gasteiger partial charge in [0.05, 0.1) is 38.6 Å². The molecule has 0 saturated carbocycles. The number of nitrogens with zero attached hydrogens (tertiary/aromatic N) is 1. The van der Waals surface area contributed by atoms with Crippen LogP contribution in [-0.4, -0.2) is 46.8 Å². The summed E-state index contributed by atoms with van der Waals surface area (Å²) < 4.78 is 33.9. The number of rotatable bonds is 10. The molecule has 6 heteroatoms. The number of halogens is 1. The molecule has 0 aliphatic carbocycles. The molecule has 0 heterocycles. The Kier molecular flexibility index (Phi) is 8.31. The molecular weight excluding hydrogens is 265 g/mol. The summed E-state index contributed by atoms with van der Waals surface area (Å²) in [6, 6.07) is 5.87. The molecule has 0 bridgehead atoms. The van der Waals surface area contributed by atoms with Gasteiger partial charge in [0.15, 0.2) is 0 Å². The molecule has 1 aromatic carbocycles. The number of hydrogen-bond donors (Lipinski definition) is 0. The smallest absolute Gasteiger partial charge is 0.144 e. The zero-order valence-electron chi connectivity index (χ0n) is 11.4. The Morgan fingerprint density at radius 2 is 1.70 bits per heavy atom. The second kappa shape index (κ2) is 10.1. The van der Waals surface area contributed by atoms with Crippen LogP contribution in [0.15, 0.2) is 18.2 Å². The van der Waals surface area contributed by atoms with Gasteiger partial charge in [-0.1, -0.05) is 0 Å². The summed E-state index contributed by atoms with van der Waals surface area (Å²) in [5.41, 5.74) is 0.00167. The lowest BCUT2D eigenvalue weighted by Crippen LogP contribution is -2.12. The lowest BCUT2D eigenvalue weighted by molar-refractivity contribution is 0.0179. The van der Waals surface area contributed by atoms with Gasteiger partial charge in [-0.05, 0) is 12.1 Å². The largest absolute Gasteiger partial charge is 0.491 e. The molecule has 0 aromatic heterocycles. The van der Waals surface area contributed by atoms with Crippen molar-refractivity contribution >= 4 is 0 Å². The van der Waals surface area contributed by atoms with Gasteiger partial charge in [-0.2, -0.15) is 5.26 Å². The molecule has 1 rings (SSSR count). The molecule has 0 N–H and O–H groups in total. The van der Waals surface area contributed by atoms with Crippen molar-refractivity contribution in [2.24, 2.45) is 0 Å². The second-order valence-electron chi connectivity index (χ2n) is 3.82. The molecule has 1 aromatic rings. The van der Waals surface area contributed by atoms with E-state index in [0.717, 1.165) is 0 Å². The molecule has 0 amide bonds. The SMILES string of the molecule is COCCOCCOCCOc1ccc(C#N)c(F)c1. The summed E-state index contributed by atoms with van der Waals surface area (Å²) in [6.07, 6.45) is 0. The highest BCUT2D eigenvalue weighted by atomic mass is 19.1. The summed E-state index contributed by atoms with van der Waals surface area (Å²) in [4.78, 5) is 0. The van der Waals surface area contributed by atoms with Crippen molar-refractivity contribution in [1.29, 1.82) is 5.26 Å². The molecule has 5 nitrogen and oxygen atoms in total. The van der Waals surface area contributed by atoms with E-state index in [2.05, 4.69) is 0 Å². The normalized spacial score (nSPS) is 10.2. The van der Waals surface area contributed by atoms with E-state index in [1.54, 1.807) is 19.2 Å². The Labute approximate surface area is 117 Å². The first kappa shape index (κ1) is 16.4. The first-order valence-electron chi connectivity index (χ1n) is 6.25. The molecule has 110 valence electrons. The zero-order valence-corrected chi connectivity index (χ0v) is 11.4. The van der Waals surface area contributed by atoms with Crippen LogP contribution in [0.5, 0.6) is 5.75 Å². The standard InChI is InChI=1S/C14H18FNO4/c1-17-4-5-18-6-7-19-8-9-20-13-3-2-12(11-16)14(15)10-13/h2-3,10H,4-9H2,1H3. The fourth-order valence-corrected chi connectivity index (χ4v) is 1.36. The lowest BCUT2D eigenvalue weighted by atomic mass is 10.2. The first-order valence-corrected chi connectivity index (χ1v) is 6.25. The topological polar surface area (TPSA) is 60.7 Å². The second-order valence-corrected chi connectivity index (χ2v) is 3.82. The average molecular weight is 283 g/mol. The molecular formula is C14H18FNO4. The van der Waals surface area contributed by atoms with E-state index in [4.69, 9.17) is 24.2 Å². The summed E-state index contributed by atoms with van der Waals surface area (Å²) in [5.74, 6) is -0.209. The van der Waals surface area contributed by atoms with E-state index in [1.807, 2.05) is 0 Å². The summed E-state index contributed by atoms with van der Waals surface area (Å²) in [6.45, 7) is 2.76. The molecule has 0 spiro atoms. The van der Waals surface area contributed by atoms with Gasteiger partial charge < -0.3 is 18.9 Å². The molecule has 0 radical (unpaired) electrons. The summed E-state index contributed by atoms with van der Waals surface area (Å²) in [7, 11) is 1.61. The van der Waals surface area contributed by atoms with Crippen molar-refractivity contribution in [2.75, 3.05) is 46.8 Å². The van der Waals surface area contributed by atoms with Crippen LogP contribution in [0.25, 0.3) is 0 Å². The van der Waals surface area contributed by atoms with Gasteiger partial charge in [-0.3, -0.25) is 0 Å². The fourth-order valence-electron chi connectivity index (χ4n) is 1.36. The van der Waals surface area contributed by atoms with Crippen LogP contribution in [0, 0.1) is 17.1 Å². The van der Waals surface area contributed by atoms with Crippen LogP contribution < -0.4 is 4.74 Å². The molecule has 0 aliphatic rings. The minimum Gasteiger partial charge on any atom is -0.491 e. The predicted octanol–water partition coefficient (Wildman–Crippen LogP) is 1.76. The molecule has 0 saturated heterocycles. The third-order valence-electron chi connectivity index (χ3n) is 2.36. The van der Waals surface area contributed by atoms with E-state index in [-0.39, 0.29) is 5.56 Å². The van der Waals surface area contributed by atoms with Gasteiger partial charge in [0.2, 0.25) is 0 Å². The fraction of sp³-hybridized carbons (Fsp3) is 0.500. The van der Waals surface area contributed by atoms with Crippen LogP contribution >= 0.6 is 0 Å². The summed E-state index contributed by atoms with van der Waals surface area (Å²) >= 11 is 0. The zero-order chi connectivity index (χ0) is 14.6. The Hall–Kier alpha value is -1.68. The third-order valence-corrected chi connectivity index (χ3v) is 2.36. The van der Waals surface area contributed by atoms with Crippen molar-refractivity contribution in [1.82, 2.24) is 0 Å². The molecule has 20 heavy (non-hydrogen) atoms. The van der Waals surface area contributed by atoms with Gasteiger partial charge in [0.25, 0.3) is 0 Å². The van der Waals surface area contributed by atoms with E-state index in [1.165, 1.54) is 12.1 Å². The predicted molar refractivity (Wildman–Crippen MR) is 70.1 cm³/mol. The first-order chi connectivity index (χ1) is 9.77. The minimum absolute atomic E-state index is 0.00167. The number of benzene rings is 1. The highest BCUT2D eigenvalue weighted by molar-refractivity contribution is 5.36. The monoisotopic (exact) mass is 283 g/mol. The maximum Gasteiger partial charge on any atom is 0.144 e. The molecule has 0 fully saturated rings. The van der Waals surface area contributed by atoms with Gasteiger partial charge in [0.1, 0.15) is 24.2 Å². The average Bonchev–Trinajstić information content (AvgIpc) is 2.46. The Balaban J connectivity index is 2.07. The number of nitriles is 1. The van der Waals surface area contributed by atoms with Crippen molar-refractivity contribution in [3.63, 3.8) is 0 Å². The van der Waals surface area contributed by atoms with E-state index >= 15 is 0 Å². The van der Waals surface area contributed by atoms with Gasteiger partial charge in [0, 0.05) is 13.2 Å². The van der Waals surface area contributed by atoms with Crippen LogP contribution in [0.2, 0.25) is 0 Å². The maximum atomic E-state index is 13.3. The Morgan fingerprint density at radius 1 is 1.05 bits per heavy atom.